The summed E-state index contributed by atoms with van der Waals surface area (Å²) in [6.07, 6.45) is 0. The average Bonchev–Trinajstić information content (AvgIpc) is 3.76. The fourth-order valence-electron chi connectivity index (χ4n) is 9.55. The third-order valence-corrected chi connectivity index (χ3v) is 12.1. The molecule has 55 heavy (non-hydrogen) atoms. The standard InChI is InChI=1S/C51H34N4/c1-51(2)40-17-8-5-15-37(40)49-48-41(51)18-11-19-42(48)52-50(53-49)55-43-20-9-6-14-36(43)39-30-33(25-28-45(39)55)31-22-26-34(27-23-31)54-44-21-10-7-16-38(44)47-35-13-4-3-12-32(35)24-29-46(47)54/h3-30H,1-2H3. The fourth-order valence-corrected chi connectivity index (χ4v) is 9.55. The Balaban J connectivity index is 1.01. The summed E-state index contributed by atoms with van der Waals surface area (Å²) in [6.45, 7) is 4.61. The van der Waals surface area contributed by atoms with E-state index in [1.54, 1.807) is 0 Å². The van der Waals surface area contributed by atoms with Crippen LogP contribution in [0.25, 0.3) is 99.3 Å². The van der Waals surface area contributed by atoms with Gasteiger partial charge in [0.1, 0.15) is 0 Å². The maximum Gasteiger partial charge on any atom is 0.235 e. The van der Waals surface area contributed by atoms with Crippen molar-refractivity contribution in [3.63, 3.8) is 0 Å². The first-order valence-electron chi connectivity index (χ1n) is 19.0. The summed E-state index contributed by atoms with van der Waals surface area (Å²) in [7, 11) is 0. The summed E-state index contributed by atoms with van der Waals surface area (Å²) in [6, 6.07) is 61.6. The van der Waals surface area contributed by atoms with Gasteiger partial charge in [0.25, 0.3) is 0 Å². The van der Waals surface area contributed by atoms with Gasteiger partial charge >= 0.3 is 0 Å². The topological polar surface area (TPSA) is 35.6 Å². The second-order valence-corrected chi connectivity index (χ2v) is 15.4. The van der Waals surface area contributed by atoms with E-state index in [1.807, 2.05) is 0 Å². The third kappa shape index (κ3) is 4.17. The molecule has 12 rings (SSSR count). The van der Waals surface area contributed by atoms with Crippen LogP contribution in [0.3, 0.4) is 0 Å². The van der Waals surface area contributed by atoms with Gasteiger partial charge in [-0.2, -0.15) is 0 Å². The minimum atomic E-state index is -0.145. The Bertz CT molecular complexity index is 3400. The summed E-state index contributed by atoms with van der Waals surface area (Å²) >= 11 is 0. The molecule has 1 aliphatic rings. The molecule has 0 amide bonds. The van der Waals surface area contributed by atoms with E-state index in [0.717, 1.165) is 33.3 Å². The molecule has 0 radical (unpaired) electrons. The van der Waals surface area contributed by atoms with Gasteiger partial charge in [-0.25, -0.2) is 9.97 Å². The Kier molecular flexibility index (Phi) is 6.09. The van der Waals surface area contributed by atoms with E-state index in [2.05, 4.69) is 193 Å². The molecular formula is C51H34N4. The molecule has 0 saturated heterocycles. The summed E-state index contributed by atoms with van der Waals surface area (Å²) in [5.74, 6) is 0.691. The number of para-hydroxylation sites is 2. The van der Waals surface area contributed by atoms with Crippen LogP contribution in [0.1, 0.15) is 25.0 Å². The van der Waals surface area contributed by atoms with Crippen molar-refractivity contribution in [1.82, 2.24) is 19.1 Å². The van der Waals surface area contributed by atoms with Gasteiger partial charge in [0.15, 0.2) is 0 Å². The highest BCUT2D eigenvalue weighted by Crippen LogP contribution is 2.48. The molecule has 258 valence electrons. The van der Waals surface area contributed by atoms with E-state index >= 15 is 0 Å². The Labute approximate surface area is 317 Å². The molecule has 3 aromatic heterocycles. The van der Waals surface area contributed by atoms with Crippen molar-refractivity contribution in [2.45, 2.75) is 19.3 Å². The Morgan fingerprint density at radius 1 is 0.436 bits per heavy atom. The molecule has 4 heteroatoms. The first-order valence-corrected chi connectivity index (χ1v) is 19.0. The van der Waals surface area contributed by atoms with Crippen molar-refractivity contribution in [2.75, 3.05) is 0 Å². The quantitative estimate of drug-likeness (QED) is 0.184. The van der Waals surface area contributed by atoms with E-state index < -0.39 is 0 Å². The van der Waals surface area contributed by atoms with Gasteiger partial charge in [0.05, 0.1) is 33.3 Å². The Morgan fingerprint density at radius 3 is 1.95 bits per heavy atom. The summed E-state index contributed by atoms with van der Waals surface area (Å²) in [5.41, 5.74) is 13.7. The SMILES string of the molecule is CC1(C)c2ccccc2-c2nc(-n3c4ccccc4c4cc(-c5ccc(-n6c7ccccc7c7c8ccccc8ccc76)cc5)ccc43)nc3cccc1c23. The summed E-state index contributed by atoms with van der Waals surface area (Å²) in [4.78, 5) is 10.7. The molecule has 0 bridgehead atoms. The van der Waals surface area contributed by atoms with Crippen LogP contribution >= 0.6 is 0 Å². The molecular weight excluding hydrogens is 669 g/mol. The zero-order chi connectivity index (χ0) is 36.4. The number of fused-ring (bicyclic) bond motifs is 10. The number of hydrogen-bond acceptors (Lipinski definition) is 2. The number of aromatic nitrogens is 4. The number of hydrogen-bond donors (Lipinski definition) is 0. The van der Waals surface area contributed by atoms with Gasteiger partial charge in [-0.1, -0.05) is 135 Å². The van der Waals surface area contributed by atoms with E-state index in [-0.39, 0.29) is 5.41 Å². The van der Waals surface area contributed by atoms with Crippen LogP contribution in [-0.2, 0) is 5.41 Å². The van der Waals surface area contributed by atoms with Gasteiger partial charge in [-0.05, 0) is 81.6 Å². The summed E-state index contributed by atoms with van der Waals surface area (Å²) in [5, 5.41) is 8.62. The molecule has 0 unspecified atom stereocenters. The van der Waals surface area contributed by atoms with Gasteiger partial charge in [0.2, 0.25) is 5.95 Å². The largest absolute Gasteiger partial charge is 0.309 e. The Hall–Kier alpha value is -7.04. The van der Waals surface area contributed by atoms with Crippen LogP contribution in [-0.4, -0.2) is 19.1 Å². The van der Waals surface area contributed by atoms with Gasteiger partial charge in [-0.15, -0.1) is 0 Å². The van der Waals surface area contributed by atoms with Crippen molar-refractivity contribution in [2.24, 2.45) is 0 Å². The average molecular weight is 703 g/mol. The second kappa shape index (κ2) is 11.0. The smallest absolute Gasteiger partial charge is 0.235 e. The Morgan fingerprint density at radius 2 is 1.09 bits per heavy atom. The van der Waals surface area contributed by atoms with Crippen molar-refractivity contribution in [3.8, 4) is 34.0 Å². The molecule has 0 fully saturated rings. The number of rotatable bonds is 3. The van der Waals surface area contributed by atoms with E-state index in [0.29, 0.717) is 5.95 Å². The third-order valence-electron chi connectivity index (χ3n) is 12.1. The lowest BCUT2D eigenvalue weighted by molar-refractivity contribution is 0.643. The minimum Gasteiger partial charge on any atom is -0.309 e. The molecule has 0 aliphatic heterocycles. The molecule has 0 saturated carbocycles. The van der Waals surface area contributed by atoms with Crippen LogP contribution in [0.5, 0.6) is 0 Å². The van der Waals surface area contributed by atoms with Crippen LogP contribution in [0, 0.1) is 0 Å². The monoisotopic (exact) mass is 702 g/mol. The molecule has 4 nitrogen and oxygen atoms in total. The highest BCUT2D eigenvalue weighted by atomic mass is 15.2. The van der Waals surface area contributed by atoms with Crippen molar-refractivity contribution in [3.05, 3.63) is 181 Å². The predicted octanol–water partition coefficient (Wildman–Crippen LogP) is 13.0. The van der Waals surface area contributed by atoms with E-state index in [4.69, 9.17) is 9.97 Å². The molecule has 0 atom stereocenters. The molecule has 1 aliphatic carbocycles. The molecule has 8 aromatic carbocycles. The van der Waals surface area contributed by atoms with Gasteiger partial charge < -0.3 is 4.57 Å². The van der Waals surface area contributed by atoms with Crippen molar-refractivity contribution < 1.29 is 0 Å². The van der Waals surface area contributed by atoms with Crippen LogP contribution < -0.4 is 0 Å². The van der Waals surface area contributed by atoms with Crippen molar-refractivity contribution in [1.29, 1.82) is 0 Å². The normalized spacial score (nSPS) is 13.4. The van der Waals surface area contributed by atoms with E-state index in [9.17, 15) is 0 Å². The lowest BCUT2D eigenvalue weighted by atomic mass is 9.70. The lowest BCUT2D eigenvalue weighted by Crippen LogP contribution is -2.24. The van der Waals surface area contributed by atoms with E-state index in [1.165, 1.54) is 71.2 Å². The highest BCUT2D eigenvalue weighted by Gasteiger charge is 2.34. The minimum absolute atomic E-state index is 0.145. The van der Waals surface area contributed by atoms with Crippen LogP contribution in [0.2, 0.25) is 0 Å². The maximum atomic E-state index is 5.41. The molecule has 3 heterocycles. The number of nitrogens with zero attached hydrogens (tertiary/aromatic N) is 4. The number of benzene rings is 8. The first kappa shape index (κ1) is 30.4. The maximum absolute atomic E-state index is 5.41. The van der Waals surface area contributed by atoms with Crippen LogP contribution in [0.4, 0.5) is 0 Å². The van der Waals surface area contributed by atoms with Gasteiger partial charge in [-0.3, -0.25) is 4.57 Å². The predicted molar refractivity (Wildman–Crippen MR) is 229 cm³/mol. The molecule has 0 spiro atoms. The fraction of sp³-hybridized carbons (Fsp3) is 0.0588. The highest BCUT2D eigenvalue weighted by molar-refractivity contribution is 6.21. The zero-order valence-corrected chi connectivity index (χ0v) is 30.5. The molecule has 0 N–H and O–H groups in total. The zero-order valence-electron chi connectivity index (χ0n) is 30.5. The molecule has 11 aromatic rings. The van der Waals surface area contributed by atoms with Crippen LogP contribution in [0.15, 0.2) is 170 Å². The van der Waals surface area contributed by atoms with Gasteiger partial charge in [0, 0.05) is 43.6 Å². The second-order valence-electron chi connectivity index (χ2n) is 15.4. The van der Waals surface area contributed by atoms with Crippen molar-refractivity contribution >= 4 is 65.3 Å². The first-order chi connectivity index (χ1) is 27.0. The summed E-state index contributed by atoms with van der Waals surface area (Å²) < 4.78 is 4.64. The lowest BCUT2D eigenvalue weighted by Gasteiger charge is -2.34.